The van der Waals surface area contributed by atoms with Crippen molar-refractivity contribution < 1.29 is 79.2 Å². The van der Waals surface area contributed by atoms with E-state index in [2.05, 4.69) is 0 Å². The van der Waals surface area contributed by atoms with E-state index in [1.807, 2.05) is 0 Å². The maximum atomic E-state index is 11.4. The first-order valence-corrected chi connectivity index (χ1v) is 14.4. The van der Waals surface area contributed by atoms with Crippen LogP contribution < -0.4 is 22.9 Å². The fraction of sp³-hybridized carbons (Fsp3) is 0.714. The maximum absolute atomic E-state index is 11.4. The summed E-state index contributed by atoms with van der Waals surface area (Å²) in [5.74, 6) is -8.90. The number of hydrogen-bond donors (Lipinski definition) is 12. The van der Waals surface area contributed by atoms with Gasteiger partial charge in [-0.15, -0.1) is 0 Å². The second kappa shape index (κ2) is 24.7. The molecule has 2 fully saturated rings. The summed E-state index contributed by atoms with van der Waals surface area (Å²) in [5, 5.41) is 66.7. The molecule has 0 saturated heterocycles. The number of nitrogens with two attached hydrogens (primary N) is 4. The molecule has 20 nitrogen and oxygen atoms in total. The highest BCUT2D eigenvalue weighted by Crippen LogP contribution is 2.60. The van der Waals surface area contributed by atoms with E-state index in [0.717, 1.165) is 40.5 Å². The molecular formula is C28H52N4O16. The van der Waals surface area contributed by atoms with Crippen molar-refractivity contribution in [2.45, 2.75) is 116 Å². The van der Waals surface area contributed by atoms with Crippen LogP contribution in [0.4, 0.5) is 0 Å². The molecule has 0 aromatic rings. The molecule has 280 valence electrons. The zero-order valence-corrected chi connectivity index (χ0v) is 27.6. The second-order valence-electron chi connectivity index (χ2n) is 11.2. The normalized spacial score (nSPS) is 19.2. The molecule has 0 aromatic heterocycles. The molecule has 0 bridgehead atoms. The fourth-order valence-electron chi connectivity index (χ4n) is 5.32. The van der Waals surface area contributed by atoms with Crippen molar-refractivity contribution >= 4 is 47.8 Å². The second-order valence-corrected chi connectivity index (χ2v) is 11.2. The third-order valence-electron chi connectivity index (χ3n) is 6.91. The SMILES string of the molecule is CC(=O)O.CC(=O)O.CC(=O)O.CC(=O)O.NC1(N)CCCC(CC(=O)O)(CC(=O)O)C1(CC(=O)O)CC(=O)O.NC1CCCCC1N. The first-order valence-electron chi connectivity index (χ1n) is 14.4. The Morgan fingerprint density at radius 2 is 0.750 bits per heavy atom. The molecule has 0 heterocycles. The van der Waals surface area contributed by atoms with Crippen LogP contribution in [0.5, 0.6) is 0 Å². The highest BCUT2D eigenvalue weighted by Gasteiger charge is 2.64. The van der Waals surface area contributed by atoms with Crippen LogP contribution in [0.15, 0.2) is 0 Å². The quantitative estimate of drug-likeness (QED) is 0.151. The standard InChI is InChI=1S/C14H22N2O8.C6H14N2.4C2H4O2/c15-14(16)3-1-2-12(4-8(17)18,5-9(19)20)13(14,6-10(21)22)7-11(23)24;7-5-3-1-2-4-6(5)8;4*1-2(3)4/h1-7,15-16H2,(H,17,18)(H,19,20)(H,21,22)(H,23,24);5-6H,1-4,7-8H2;4*1H3,(H,3,4). The monoisotopic (exact) mass is 700 g/mol. The van der Waals surface area contributed by atoms with Crippen LogP contribution in [-0.4, -0.2) is 106 Å². The van der Waals surface area contributed by atoms with E-state index >= 15 is 0 Å². The number of hydrogen-bond acceptors (Lipinski definition) is 12. The van der Waals surface area contributed by atoms with Gasteiger partial charge in [-0.25, -0.2) is 0 Å². The van der Waals surface area contributed by atoms with Gasteiger partial charge in [0.05, 0.1) is 31.3 Å². The van der Waals surface area contributed by atoms with E-state index in [4.69, 9.17) is 62.5 Å². The molecule has 20 heteroatoms. The van der Waals surface area contributed by atoms with Crippen molar-refractivity contribution in [1.29, 1.82) is 0 Å². The van der Waals surface area contributed by atoms with E-state index in [-0.39, 0.29) is 31.3 Å². The fourth-order valence-corrected chi connectivity index (χ4v) is 5.32. The topological polar surface area (TPSA) is 402 Å². The molecule has 2 unspecified atom stereocenters. The molecule has 2 rings (SSSR count). The lowest BCUT2D eigenvalue weighted by molar-refractivity contribution is -0.176. The summed E-state index contributed by atoms with van der Waals surface area (Å²) < 4.78 is 0. The molecule has 0 aliphatic heterocycles. The Bertz CT molecular complexity index is 974. The molecule has 0 radical (unpaired) electrons. The zero-order chi connectivity index (χ0) is 39.1. The summed E-state index contributed by atoms with van der Waals surface area (Å²) in [7, 11) is 0. The van der Waals surface area contributed by atoms with Crippen LogP contribution >= 0.6 is 0 Å². The van der Waals surface area contributed by atoms with Gasteiger partial charge in [-0.05, 0) is 32.1 Å². The number of aliphatic carboxylic acids is 8. The average molecular weight is 701 g/mol. The van der Waals surface area contributed by atoms with Gasteiger partial charge in [-0.1, -0.05) is 12.8 Å². The Kier molecular flexibility index (Phi) is 26.0. The molecule has 16 N–H and O–H groups in total. The highest BCUT2D eigenvalue weighted by molar-refractivity contribution is 5.77. The van der Waals surface area contributed by atoms with Gasteiger partial charge in [0, 0.05) is 50.6 Å². The first-order chi connectivity index (χ1) is 21.6. The Morgan fingerprint density at radius 3 is 0.958 bits per heavy atom. The van der Waals surface area contributed by atoms with Gasteiger partial charge in [-0.3, -0.25) is 38.4 Å². The van der Waals surface area contributed by atoms with Crippen molar-refractivity contribution in [3.8, 4) is 0 Å². The van der Waals surface area contributed by atoms with Crippen molar-refractivity contribution in [1.82, 2.24) is 0 Å². The molecule has 0 amide bonds. The van der Waals surface area contributed by atoms with Crippen LogP contribution in [0.3, 0.4) is 0 Å². The van der Waals surface area contributed by atoms with Crippen molar-refractivity contribution in [2.24, 2.45) is 33.8 Å². The Hall–Kier alpha value is -4.40. The van der Waals surface area contributed by atoms with Gasteiger partial charge >= 0.3 is 23.9 Å². The minimum Gasteiger partial charge on any atom is -0.481 e. The third-order valence-corrected chi connectivity index (χ3v) is 6.91. The van der Waals surface area contributed by atoms with E-state index in [9.17, 15) is 39.6 Å². The van der Waals surface area contributed by atoms with Crippen LogP contribution in [-0.2, 0) is 38.4 Å². The lowest BCUT2D eigenvalue weighted by Gasteiger charge is -2.59. The summed E-state index contributed by atoms with van der Waals surface area (Å²) in [4.78, 5) is 81.5. The predicted octanol–water partition coefficient (Wildman–Crippen LogP) is 0.234. The first kappa shape index (κ1) is 50.5. The van der Waals surface area contributed by atoms with Gasteiger partial charge < -0.3 is 63.8 Å². The summed E-state index contributed by atoms with van der Waals surface area (Å²) >= 11 is 0. The van der Waals surface area contributed by atoms with Gasteiger partial charge in [-0.2, -0.15) is 0 Å². The molecule has 0 aromatic carbocycles. The Balaban J connectivity index is -0.000000324. The Labute approximate surface area is 277 Å². The molecular weight excluding hydrogens is 648 g/mol. The molecule has 2 aliphatic rings. The van der Waals surface area contributed by atoms with E-state index in [1.165, 1.54) is 12.8 Å². The number of carbonyl (C=O) groups is 8. The summed E-state index contributed by atoms with van der Waals surface area (Å²) in [6.07, 6.45) is 2.04. The summed E-state index contributed by atoms with van der Waals surface area (Å²) in [6, 6.07) is 0.562. The smallest absolute Gasteiger partial charge is 0.304 e. The maximum Gasteiger partial charge on any atom is 0.304 e. The largest absolute Gasteiger partial charge is 0.481 e. The highest BCUT2D eigenvalue weighted by atomic mass is 16.4. The van der Waals surface area contributed by atoms with Crippen molar-refractivity contribution in [3.05, 3.63) is 0 Å². The summed E-state index contributed by atoms with van der Waals surface area (Å²) in [6.45, 7) is 4.33. The molecule has 0 spiro atoms. The zero-order valence-electron chi connectivity index (χ0n) is 27.6. The minimum atomic E-state index is -1.91. The van der Waals surface area contributed by atoms with Gasteiger partial charge in [0.1, 0.15) is 0 Å². The van der Waals surface area contributed by atoms with Gasteiger partial charge in [0.2, 0.25) is 0 Å². The van der Waals surface area contributed by atoms with Crippen LogP contribution in [0.1, 0.15) is 98.3 Å². The molecule has 48 heavy (non-hydrogen) atoms. The van der Waals surface area contributed by atoms with Crippen LogP contribution in [0.2, 0.25) is 0 Å². The van der Waals surface area contributed by atoms with Crippen LogP contribution in [0.25, 0.3) is 0 Å². The number of rotatable bonds is 8. The molecule has 2 saturated carbocycles. The Morgan fingerprint density at radius 1 is 0.500 bits per heavy atom. The minimum absolute atomic E-state index is 0.0162. The van der Waals surface area contributed by atoms with Crippen LogP contribution in [0, 0.1) is 10.8 Å². The van der Waals surface area contributed by atoms with Gasteiger partial charge in [0.25, 0.3) is 23.9 Å². The summed E-state index contributed by atoms with van der Waals surface area (Å²) in [5.41, 5.74) is 18.0. The van der Waals surface area contributed by atoms with Gasteiger partial charge in [0.15, 0.2) is 0 Å². The average Bonchev–Trinajstić information content (AvgIpc) is 2.82. The number of carboxylic acids is 8. The lowest BCUT2D eigenvalue weighted by atomic mass is 9.46. The molecule has 2 aliphatic carbocycles. The van der Waals surface area contributed by atoms with E-state index in [0.29, 0.717) is 0 Å². The third kappa shape index (κ3) is 24.8. The van der Waals surface area contributed by atoms with Crippen molar-refractivity contribution in [3.63, 3.8) is 0 Å². The predicted molar refractivity (Wildman–Crippen MR) is 166 cm³/mol. The van der Waals surface area contributed by atoms with E-state index < -0.39 is 89.9 Å². The number of carboxylic acid groups (broad SMARTS) is 8. The van der Waals surface area contributed by atoms with Crippen molar-refractivity contribution in [2.75, 3.05) is 0 Å². The molecule has 2 atom stereocenters. The lowest BCUT2D eigenvalue weighted by Crippen LogP contribution is -2.72. The van der Waals surface area contributed by atoms with E-state index in [1.54, 1.807) is 0 Å².